The molecule has 6 atom stereocenters. The molecule has 90 valence electrons. The van der Waals surface area contributed by atoms with Crippen molar-refractivity contribution in [1.29, 1.82) is 0 Å². The van der Waals surface area contributed by atoms with Crippen LogP contribution in [0, 0.1) is 47.3 Å². The van der Waals surface area contributed by atoms with Crippen molar-refractivity contribution >= 4 is 0 Å². The Morgan fingerprint density at radius 1 is 0.562 bits per heavy atom. The average molecular weight is 218 g/mol. The van der Waals surface area contributed by atoms with Crippen molar-refractivity contribution < 1.29 is 0 Å². The highest BCUT2D eigenvalue weighted by Gasteiger charge is 2.61. The lowest BCUT2D eigenvalue weighted by molar-refractivity contribution is 0.231. The highest BCUT2D eigenvalue weighted by atomic mass is 14.7. The smallest absolute Gasteiger partial charge is 0.0318 e. The van der Waals surface area contributed by atoms with Crippen LogP contribution in [0.4, 0.5) is 0 Å². The SMILES string of the molecule is CC1C2CCCC2C2C3CCCC3C(C)C12. The van der Waals surface area contributed by atoms with Crippen molar-refractivity contribution in [2.45, 2.75) is 52.4 Å². The molecule has 0 N–H and O–H groups in total. The minimum atomic E-state index is 1.07. The Morgan fingerprint density at radius 2 is 1.00 bits per heavy atom. The average Bonchev–Trinajstić information content (AvgIpc) is 2.94. The number of rotatable bonds is 0. The largest absolute Gasteiger partial charge is 0.0619 e. The van der Waals surface area contributed by atoms with Crippen LogP contribution < -0.4 is 0 Å². The van der Waals surface area contributed by atoms with E-state index in [-0.39, 0.29) is 0 Å². The summed E-state index contributed by atoms with van der Waals surface area (Å²) < 4.78 is 0. The summed E-state index contributed by atoms with van der Waals surface area (Å²) in [6, 6.07) is 0. The van der Waals surface area contributed by atoms with Crippen LogP contribution in [0.2, 0.25) is 0 Å². The molecule has 0 bridgehead atoms. The van der Waals surface area contributed by atoms with E-state index in [0.29, 0.717) is 0 Å². The zero-order chi connectivity index (χ0) is 10.9. The predicted molar refractivity (Wildman–Crippen MR) is 67.0 cm³/mol. The Balaban J connectivity index is 1.72. The van der Waals surface area contributed by atoms with Crippen molar-refractivity contribution in [2.75, 3.05) is 0 Å². The van der Waals surface area contributed by atoms with Gasteiger partial charge in [-0.05, 0) is 73.0 Å². The molecular formula is C16H26. The molecule has 0 aromatic heterocycles. The fraction of sp³-hybridized carbons (Fsp3) is 1.00. The van der Waals surface area contributed by atoms with Crippen LogP contribution in [0.25, 0.3) is 0 Å². The lowest BCUT2D eigenvalue weighted by Gasteiger charge is -2.25. The van der Waals surface area contributed by atoms with E-state index in [1.807, 2.05) is 0 Å². The Kier molecular flexibility index (Phi) is 2.04. The molecule has 4 fully saturated rings. The topological polar surface area (TPSA) is 0 Å². The second-order valence-corrected chi connectivity index (χ2v) is 7.39. The van der Waals surface area contributed by atoms with Crippen molar-refractivity contribution in [3.05, 3.63) is 0 Å². The Morgan fingerprint density at radius 3 is 1.50 bits per heavy atom. The van der Waals surface area contributed by atoms with Gasteiger partial charge in [0.25, 0.3) is 0 Å². The minimum Gasteiger partial charge on any atom is -0.0619 e. The van der Waals surface area contributed by atoms with E-state index in [1.54, 1.807) is 38.5 Å². The van der Waals surface area contributed by atoms with Crippen LogP contribution in [0.1, 0.15) is 52.4 Å². The summed E-state index contributed by atoms with van der Waals surface area (Å²) in [4.78, 5) is 0. The van der Waals surface area contributed by atoms with Crippen molar-refractivity contribution in [3.63, 3.8) is 0 Å². The molecule has 0 aliphatic heterocycles. The van der Waals surface area contributed by atoms with Crippen LogP contribution >= 0.6 is 0 Å². The van der Waals surface area contributed by atoms with Gasteiger partial charge in [-0.3, -0.25) is 0 Å². The first-order chi connectivity index (χ1) is 7.79. The second-order valence-electron chi connectivity index (χ2n) is 7.39. The monoisotopic (exact) mass is 218 g/mol. The molecule has 0 aromatic carbocycles. The molecule has 0 heterocycles. The minimum absolute atomic E-state index is 1.07. The maximum Gasteiger partial charge on any atom is -0.0318 e. The third-order valence-electron chi connectivity index (χ3n) is 7.25. The summed E-state index contributed by atoms with van der Waals surface area (Å²) in [7, 11) is 0. The second kappa shape index (κ2) is 3.27. The zero-order valence-electron chi connectivity index (χ0n) is 10.9. The molecule has 4 aliphatic rings. The number of fused-ring (bicyclic) bond motifs is 5. The zero-order valence-corrected chi connectivity index (χ0v) is 10.9. The van der Waals surface area contributed by atoms with Crippen molar-refractivity contribution in [3.8, 4) is 0 Å². The molecule has 0 nitrogen and oxygen atoms in total. The predicted octanol–water partition coefficient (Wildman–Crippen LogP) is 4.35. The molecule has 0 spiro atoms. The van der Waals surface area contributed by atoms with Gasteiger partial charge in [0.1, 0.15) is 0 Å². The van der Waals surface area contributed by atoms with E-state index in [4.69, 9.17) is 0 Å². The van der Waals surface area contributed by atoms with Gasteiger partial charge in [-0.25, -0.2) is 0 Å². The van der Waals surface area contributed by atoms with Gasteiger partial charge in [-0.2, -0.15) is 0 Å². The first-order valence-electron chi connectivity index (χ1n) is 7.79. The van der Waals surface area contributed by atoms with E-state index in [1.165, 1.54) is 5.92 Å². The van der Waals surface area contributed by atoms with E-state index in [0.717, 1.165) is 41.4 Å². The molecule has 0 aromatic rings. The highest BCUT2D eigenvalue weighted by molar-refractivity contribution is 5.09. The van der Waals surface area contributed by atoms with Gasteiger partial charge < -0.3 is 0 Å². The Bertz CT molecular complexity index is 266. The molecule has 4 aliphatic carbocycles. The first kappa shape index (κ1) is 9.97. The lowest BCUT2D eigenvalue weighted by Crippen LogP contribution is -2.19. The summed E-state index contributed by atoms with van der Waals surface area (Å²) in [6.45, 7) is 5.20. The molecular weight excluding hydrogens is 192 g/mol. The molecule has 0 amide bonds. The molecule has 4 saturated carbocycles. The molecule has 0 saturated heterocycles. The van der Waals surface area contributed by atoms with Crippen LogP contribution in [-0.4, -0.2) is 0 Å². The summed E-state index contributed by atoms with van der Waals surface area (Å²) in [6.07, 6.45) is 9.42. The van der Waals surface area contributed by atoms with Crippen LogP contribution in [0.5, 0.6) is 0 Å². The van der Waals surface area contributed by atoms with Gasteiger partial charge in [0.2, 0.25) is 0 Å². The fourth-order valence-corrected chi connectivity index (χ4v) is 6.94. The molecule has 6 unspecified atom stereocenters. The molecule has 0 radical (unpaired) electrons. The third-order valence-corrected chi connectivity index (χ3v) is 7.25. The van der Waals surface area contributed by atoms with Crippen molar-refractivity contribution in [2.24, 2.45) is 47.3 Å². The van der Waals surface area contributed by atoms with E-state index in [2.05, 4.69) is 13.8 Å². The van der Waals surface area contributed by atoms with Gasteiger partial charge in [0, 0.05) is 0 Å². The Hall–Kier alpha value is 0. The summed E-state index contributed by atoms with van der Waals surface area (Å²) in [5.41, 5.74) is 0. The van der Waals surface area contributed by atoms with Gasteiger partial charge in [0.05, 0.1) is 0 Å². The normalized spacial score (nSPS) is 63.4. The highest BCUT2D eigenvalue weighted by Crippen LogP contribution is 2.67. The van der Waals surface area contributed by atoms with Crippen LogP contribution in [0.3, 0.4) is 0 Å². The maximum absolute atomic E-state index is 2.60. The molecule has 0 heteroatoms. The summed E-state index contributed by atoms with van der Waals surface area (Å²) in [5, 5.41) is 0. The first-order valence-corrected chi connectivity index (χ1v) is 7.79. The summed E-state index contributed by atoms with van der Waals surface area (Å²) >= 11 is 0. The fourth-order valence-electron chi connectivity index (χ4n) is 6.94. The van der Waals surface area contributed by atoms with E-state index >= 15 is 0 Å². The van der Waals surface area contributed by atoms with E-state index < -0.39 is 0 Å². The quantitative estimate of drug-likeness (QED) is 0.567. The molecule has 4 rings (SSSR count). The Labute approximate surface area is 100 Å². The van der Waals surface area contributed by atoms with Gasteiger partial charge in [-0.1, -0.05) is 26.7 Å². The van der Waals surface area contributed by atoms with Crippen LogP contribution in [-0.2, 0) is 0 Å². The third kappa shape index (κ3) is 1.03. The standard InChI is InChI=1S/C16H26/c1-9-11-5-3-7-13(11)16-14-8-4-6-12(14)10(2)15(9)16/h9-16H,3-8H2,1-2H3. The van der Waals surface area contributed by atoms with Gasteiger partial charge in [0.15, 0.2) is 0 Å². The summed E-state index contributed by atoms with van der Waals surface area (Å²) in [5.74, 6) is 9.04. The van der Waals surface area contributed by atoms with E-state index in [9.17, 15) is 0 Å². The van der Waals surface area contributed by atoms with Gasteiger partial charge >= 0.3 is 0 Å². The van der Waals surface area contributed by atoms with Crippen LogP contribution in [0.15, 0.2) is 0 Å². The lowest BCUT2D eigenvalue weighted by atomic mass is 9.80. The van der Waals surface area contributed by atoms with Crippen molar-refractivity contribution in [1.82, 2.24) is 0 Å². The number of hydrogen-bond donors (Lipinski definition) is 0. The molecule has 16 heavy (non-hydrogen) atoms. The maximum atomic E-state index is 2.60. The van der Waals surface area contributed by atoms with Gasteiger partial charge in [-0.15, -0.1) is 0 Å². The number of hydrogen-bond acceptors (Lipinski definition) is 0.